The van der Waals surface area contributed by atoms with Crippen molar-refractivity contribution in [1.82, 2.24) is 9.78 Å². The lowest BCUT2D eigenvalue weighted by Gasteiger charge is -2.12. The number of nitrogens with zero attached hydrogens (tertiary/aromatic N) is 2. The van der Waals surface area contributed by atoms with Crippen molar-refractivity contribution < 1.29 is 8.42 Å². The van der Waals surface area contributed by atoms with E-state index in [9.17, 15) is 8.42 Å². The molecule has 0 amide bonds. The largest absolute Gasteiger partial charge is 0.381 e. The normalized spacial score (nSPS) is 11.6. The highest BCUT2D eigenvalue weighted by atomic mass is 79.9. The molecule has 21 heavy (non-hydrogen) atoms. The molecule has 0 unspecified atom stereocenters. The van der Waals surface area contributed by atoms with Gasteiger partial charge in [-0.1, -0.05) is 6.07 Å². The third-order valence-electron chi connectivity index (χ3n) is 3.04. The van der Waals surface area contributed by atoms with Crippen LogP contribution in [0, 0.1) is 13.8 Å². The van der Waals surface area contributed by atoms with E-state index in [1.54, 1.807) is 0 Å². The summed E-state index contributed by atoms with van der Waals surface area (Å²) in [5, 5.41) is 3.96. The van der Waals surface area contributed by atoms with Crippen molar-refractivity contribution in [2.75, 3.05) is 10.5 Å². The van der Waals surface area contributed by atoms with Gasteiger partial charge in [0.05, 0.1) is 5.69 Å². The van der Waals surface area contributed by atoms with Crippen LogP contribution in [0.2, 0.25) is 0 Å². The van der Waals surface area contributed by atoms with Crippen molar-refractivity contribution in [3.63, 3.8) is 0 Å². The van der Waals surface area contributed by atoms with Crippen LogP contribution < -0.4 is 10.5 Å². The third kappa shape index (κ3) is 3.21. The highest BCUT2D eigenvalue weighted by Gasteiger charge is 2.22. The topological polar surface area (TPSA) is 90.0 Å². The summed E-state index contributed by atoms with van der Waals surface area (Å²) in [6, 6.07) is 3.76. The van der Waals surface area contributed by atoms with Gasteiger partial charge in [0.25, 0.3) is 10.0 Å². The first kappa shape index (κ1) is 15.8. The minimum Gasteiger partial charge on any atom is -0.381 e. The molecule has 1 aromatic heterocycles. The summed E-state index contributed by atoms with van der Waals surface area (Å²) in [6.45, 7) is 6.19. The SMILES string of the molecule is CCn1cc(S(=O)(=O)Nc2c(C)cc(C)cc2Br)c(N)n1. The second-order valence-electron chi connectivity index (χ2n) is 4.78. The van der Waals surface area contributed by atoms with Gasteiger partial charge in [-0.15, -0.1) is 0 Å². The van der Waals surface area contributed by atoms with Crippen molar-refractivity contribution >= 4 is 37.5 Å². The first-order chi connectivity index (χ1) is 9.74. The number of rotatable bonds is 4. The zero-order valence-corrected chi connectivity index (χ0v) is 14.4. The van der Waals surface area contributed by atoms with Gasteiger partial charge in [-0.3, -0.25) is 9.40 Å². The van der Waals surface area contributed by atoms with E-state index < -0.39 is 10.0 Å². The van der Waals surface area contributed by atoms with E-state index in [0.29, 0.717) is 16.7 Å². The molecular formula is C13H17BrN4O2S. The highest BCUT2D eigenvalue weighted by Crippen LogP contribution is 2.30. The molecule has 8 heteroatoms. The number of sulfonamides is 1. The van der Waals surface area contributed by atoms with Gasteiger partial charge in [0.15, 0.2) is 5.82 Å². The van der Waals surface area contributed by atoms with Crippen LogP contribution in [0.25, 0.3) is 0 Å². The predicted molar refractivity (Wildman–Crippen MR) is 86.7 cm³/mol. The van der Waals surface area contributed by atoms with Crippen molar-refractivity contribution in [2.45, 2.75) is 32.2 Å². The minimum atomic E-state index is -3.78. The number of hydrogen-bond donors (Lipinski definition) is 2. The number of benzene rings is 1. The van der Waals surface area contributed by atoms with E-state index in [0.717, 1.165) is 11.1 Å². The fourth-order valence-corrected chi connectivity index (χ4v) is 4.15. The van der Waals surface area contributed by atoms with Gasteiger partial charge in [0, 0.05) is 17.2 Å². The maximum absolute atomic E-state index is 12.5. The maximum atomic E-state index is 12.5. The van der Waals surface area contributed by atoms with E-state index in [-0.39, 0.29) is 10.7 Å². The standard InChI is InChI=1S/C13H17BrN4O2S/c1-4-18-7-11(13(15)16-18)21(19,20)17-12-9(3)5-8(2)6-10(12)14/h5-7,17H,4H2,1-3H3,(H2,15,16). The van der Waals surface area contributed by atoms with Crippen LogP contribution in [0.15, 0.2) is 27.7 Å². The van der Waals surface area contributed by atoms with Crippen molar-refractivity contribution in [3.05, 3.63) is 33.9 Å². The predicted octanol–water partition coefficient (Wildman–Crippen LogP) is 2.67. The molecule has 3 N–H and O–H groups in total. The van der Waals surface area contributed by atoms with E-state index in [4.69, 9.17) is 5.73 Å². The van der Waals surface area contributed by atoms with Gasteiger partial charge >= 0.3 is 0 Å². The number of anilines is 2. The Balaban J connectivity index is 2.44. The Morgan fingerprint density at radius 1 is 1.38 bits per heavy atom. The number of halogens is 1. The van der Waals surface area contributed by atoms with Crippen molar-refractivity contribution in [3.8, 4) is 0 Å². The van der Waals surface area contributed by atoms with Gasteiger partial charge in [-0.2, -0.15) is 5.10 Å². The molecule has 114 valence electrons. The van der Waals surface area contributed by atoms with Gasteiger partial charge in [-0.05, 0) is 53.9 Å². The quantitative estimate of drug-likeness (QED) is 0.862. The van der Waals surface area contributed by atoms with E-state index >= 15 is 0 Å². The zero-order chi connectivity index (χ0) is 15.8. The van der Waals surface area contributed by atoms with Crippen LogP contribution >= 0.6 is 15.9 Å². The van der Waals surface area contributed by atoms with Crippen molar-refractivity contribution in [1.29, 1.82) is 0 Å². The molecule has 2 aromatic rings. The monoisotopic (exact) mass is 372 g/mol. The van der Waals surface area contributed by atoms with Crippen LogP contribution in [0.5, 0.6) is 0 Å². The Morgan fingerprint density at radius 3 is 2.57 bits per heavy atom. The minimum absolute atomic E-state index is 0.00904. The molecule has 0 aliphatic rings. The lowest BCUT2D eigenvalue weighted by atomic mass is 10.1. The molecule has 0 aliphatic carbocycles. The number of hydrogen-bond acceptors (Lipinski definition) is 4. The number of nitrogens with two attached hydrogens (primary N) is 1. The number of aromatic nitrogens is 2. The molecule has 0 saturated heterocycles. The number of aryl methyl sites for hydroxylation is 3. The van der Waals surface area contributed by atoms with Gasteiger partial charge in [-0.25, -0.2) is 8.42 Å². The second-order valence-corrected chi connectivity index (χ2v) is 7.28. The van der Waals surface area contributed by atoms with Crippen LogP contribution in [-0.2, 0) is 16.6 Å². The average molecular weight is 373 g/mol. The lowest BCUT2D eigenvalue weighted by molar-refractivity contribution is 0.600. The smallest absolute Gasteiger partial charge is 0.267 e. The first-order valence-electron chi connectivity index (χ1n) is 6.37. The summed E-state index contributed by atoms with van der Waals surface area (Å²) in [5.74, 6) is -0.00904. The summed E-state index contributed by atoms with van der Waals surface area (Å²) in [4.78, 5) is -0.0174. The van der Waals surface area contributed by atoms with E-state index in [1.165, 1.54) is 10.9 Å². The summed E-state index contributed by atoms with van der Waals surface area (Å²) < 4.78 is 29.7. The molecule has 1 heterocycles. The molecular weight excluding hydrogens is 356 g/mol. The van der Waals surface area contributed by atoms with Gasteiger partial charge in [0.2, 0.25) is 0 Å². The van der Waals surface area contributed by atoms with Gasteiger partial charge in [0.1, 0.15) is 4.90 Å². The molecule has 0 bridgehead atoms. The Morgan fingerprint density at radius 2 is 2.05 bits per heavy atom. The summed E-state index contributed by atoms with van der Waals surface area (Å²) in [6.07, 6.45) is 1.43. The van der Waals surface area contributed by atoms with E-state index in [2.05, 4.69) is 25.8 Å². The molecule has 6 nitrogen and oxygen atoms in total. The van der Waals surface area contributed by atoms with Crippen LogP contribution in [0.3, 0.4) is 0 Å². The van der Waals surface area contributed by atoms with Crippen molar-refractivity contribution in [2.24, 2.45) is 0 Å². The Hall–Kier alpha value is -1.54. The molecule has 0 radical (unpaired) electrons. The van der Waals surface area contributed by atoms with Crippen LogP contribution in [-0.4, -0.2) is 18.2 Å². The first-order valence-corrected chi connectivity index (χ1v) is 8.64. The Labute approximate surface area is 132 Å². The van der Waals surface area contributed by atoms with Crippen LogP contribution in [0.4, 0.5) is 11.5 Å². The number of nitrogen functional groups attached to an aromatic ring is 1. The van der Waals surface area contributed by atoms with Crippen LogP contribution in [0.1, 0.15) is 18.1 Å². The van der Waals surface area contributed by atoms with E-state index in [1.807, 2.05) is 32.9 Å². The number of nitrogens with one attached hydrogen (secondary N) is 1. The summed E-state index contributed by atoms with van der Waals surface area (Å²) >= 11 is 3.38. The molecule has 0 saturated carbocycles. The molecule has 1 aromatic carbocycles. The second kappa shape index (κ2) is 5.69. The molecule has 0 fully saturated rings. The fraction of sp³-hybridized carbons (Fsp3) is 0.308. The lowest BCUT2D eigenvalue weighted by Crippen LogP contribution is -2.15. The third-order valence-corrected chi connectivity index (χ3v) is 5.03. The zero-order valence-electron chi connectivity index (χ0n) is 12.0. The fourth-order valence-electron chi connectivity index (χ4n) is 2.02. The highest BCUT2D eigenvalue weighted by molar-refractivity contribution is 9.10. The maximum Gasteiger partial charge on any atom is 0.267 e. The Bertz CT molecular complexity index is 760. The average Bonchev–Trinajstić information content (AvgIpc) is 2.76. The molecule has 0 spiro atoms. The Kier molecular flexibility index (Phi) is 4.29. The molecule has 2 rings (SSSR count). The summed E-state index contributed by atoms with van der Waals surface area (Å²) in [5.41, 5.74) is 8.07. The summed E-state index contributed by atoms with van der Waals surface area (Å²) in [7, 11) is -3.78. The molecule has 0 atom stereocenters. The molecule has 0 aliphatic heterocycles. The van der Waals surface area contributed by atoms with Gasteiger partial charge < -0.3 is 5.73 Å².